The number of β-lactam (4-membered cyclic amide) rings is 1. The third kappa shape index (κ3) is 3.62. The zero-order valence-corrected chi connectivity index (χ0v) is 18.6. The van der Waals surface area contributed by atoms with E-state index in [0.717, 1.165) is 16.5 Å². The number of aryl methyl sites for hydroxylation is 1. The van der Waals surface area contributed by atoms with Crippen LogP contribution in [0.3, 0.4) is 0 Å². The lowest BCUT2D eigenvalue weighted by molar-refractivity contribution is -0.156. The predicted molar refractivity (Wildman–Crippen MR) is 110 cm³/mol. The number of aromatic nitrogens is 4. The largest absolute Gasteiger partial charge is 0.481 e. The van der Waals surface area contributed by atoms with Gasteiger partial charge in [-0.3, -0.25) is 19.3 Å². The fourth-order valence-corrected chi connectivity index (χ4v) is 7.44. The summed E-state index contributed by atoms with van der Waals surface area (Å²) in [7, 11) is 0. The number of anilines is 1. The van der Waals surface area contributed by atoms with E-state index in [1.165, 1.54) is 46.7 Å². The van der Waals surface area contributed by atoms with Crippen LogP contribution in [0.1, 0.15) is 11.9 Å². The number of nitrogens with zero attached hydrogens (tertiary/aromatic N) is 6. The number of hydrogen-bond acceptors (Lipinski definition) is 11. The maximum atomic E-state index is 12.9. The van der Waals surface area contributed by atoms with Crippen LogP contribution in [0.25, 0.3) is 0 Å². The first-order valence-corrected chi connectivity index (χ1v) is 12.2. The second-order valence-corrected chi connectivity index (χ2v) is 10.8. The van der Waals surface area contributed by atoms with Gasteiger partial charge in [-0.25, -0.2) is 0 Å². The average Bonchev–Trinajstić information content (AvgIpc) is 3.35. The van der Waals surface area contributed by atoms with Gasteiger partial charge in [-0.15, -0.1) is 27.1 Å². The van der Waals surface area contributed by atoms with E-state index in [2.05, 4.69) is 19.8 Å². The van der Waals surface area contributed by atoms with Gasteiger partial charge in [0, 0.05) is 25.0 Å². The van der Waals surface area contributed by atoms with E-state index in [0.29, 0.717) is 15.9 Å². The Bertz CT molecular complexity index is 953. The Morgan fingerprint density at radius 1 is 1.41 bits per heavy atom. The molecule has 2 unspecified atom stereocenters. The molecule has 154 valence electrons. The van der Waals surface area contributed by atoms with Crippen molar-refractivity contribution in [1.29, 1.82) is 0 Å². The highest BCUT2D eigenvalue weighted by Gasteiger charge is 2.59. The van der Waals surface area contributed by atoms with Gasteiger partial charge in [0.15, 0.2) is 10.2 Å². The lowest BCUT2D eigenvalue weighted by atomic mass is 9.89. The molecule has 14 heteroatoms. The van der Waals surface area contributed by atoms with Gasteiger partial charge >= 0.3 is 5.97 Å². The first kappa shape index (κ1) is 20.5. The number of carboxylic acid groups (broad SMARTS) is 1. The third-order valence-corrected chi connectivity index (χ3v) is 9.09. The highest BCUT2D eigenvalue weighted by atomic mass is 32.2. The highest BCUT2D eigenvalue weighted by Crippen LogP contribution is 2.46. The van der Waals surface area contributed by atoms with E-state index in [1.54, 1.807) is 10.3 Å². The molecule has 2 aromatic rings. The molecule has 3 atom stereocenters. The van der Waals surface area contributed by atoms with Crippen LogP contribution in [0, 0.1) is 12.3 Å². The molecular formula is C15H16N6O4S4. The number of amides is 2. The maximum absolute atomic E-state index is 12.9. The average molecular weight is 473 g/mol. The molecule has 10 nitrogen and oxygen atoms in total. The quantitative estimate of drug-likeness (QED) is 0.483. The van der Waals surface area contributed by atoms with Crippen molar-refractivity contribution in [2.75, 3.05) is 23.0 Å². The highest BCUT2D eigenvalue weighted by molar-refractivity contribution is 8.01. The lowest BCUT2D eigenvalue weighted by Crippen LogP contribution is -2.74. The molecule has 2 fully saturated rings. The summed E-state index contributed by atoms with van der Waals surface area (Å²) in [4.78, 5) is 40.1. The molecule has 0 radical (unpaired) electrons. The fraction of sp³-hybridized carbons (Fsp3) is 0.533. The van der Waals surface area contributed by atoms with Gasteiger partial charge < -0.3 is 10.0 Å². The molecule has 29 heavy (non-hydrogen) atoms. The summed E-state index contributed by atoms with van der Waals surface area (Å²) in [6.07, 6.45) is 0. The van der Waals surface area contributed by atoms with Crippen LogP contribution < -0.4 is 4.90 Å². The van der Waals surface area contributed by atoms with Gasteiger partial charge in [-0.2, -0.15) is 0 Å². The Morgan fingerprint density at radius 2 is 2.21 bits per heavy atom. The van der Waals surface area contributed by atoms with E-state index in [1.807, 2.05) is 6.92 Å². The van der Waals surface area contributed by atoms with Crippen molar-refractivity contribution in [1.82, 2.24) is 24.7 Å². The van der Waals surface area contributed by atoms with Crippen molar-refractivity contribution in [2.24, 2.45) is 5.41 Å². The van der Waals surface area contributed by atoms with Crippen LogP contribution in [-0.2, 0) is 14.4 Å². The van der Waals surface area contributed by atoms with Gasteiger partial charge in [0.1, 0.15) is 21.8 Å². The molecule has 2 aromatic heterocycles. The molecule has 0 saturated carbocycles. The topological polar surface area (TPSA) is 129 Å². The summed E-state index contributed by atoms with van der Waals surface area (Å²) in [5, 5.41) is 24.0. The van der Waals surface area contributed by atoms with Crippen LogP contribution >= 0.6 is 46.4 Å². The minimum Gasteiger partial charge on any atom is -0.481 e. The predicted octanol–water partition coefficient (Wildman–Crippen LogP) is 1.20. The summed E-state index contributed by atoms with van der Waals surface area (Å²) in [5.74, 6) is -0.545. The van der Waals surface area contributed by atoms with E-state index < -0.39 is 17.4 Å². The summed E-state index contributed by atoms with van der Waals surface area (Å²) in [5.41, 5.74) is -1.09. The van der Waals surface area contributed by atoms with Gasteiger partial charge in [-0.05, 0) is 18.5 Å². The summed E-state index contributed by atoms with van der Waals surface area (Å²) >= 11 is 5.24. The number of carboxylic acids is 1. The minimum absolute atomic E-state index is 0.0984. The van der Waals surface area contributed by atoms with Gasteiger partial charge in [0.2, 0.25) is 11.8 Å². The zero-order valence-electron chi connectivity index (χ0n) is 15.3. The van der Waals surface area contributed by atoms with E-state index in [9.17, 15) is 19.5 Å². The van der Waals surface area contributed by atoms with Gasteiger partial charge in [0.05, 0.1) is 5.38 Å². The standard InChI is InChI=1S/C15H16N6O4S4/c1-7-16-18-14(29-7)27-6-15(13(24)25)4-20-11(23)10(12(20)26-5-15)21(8(2)22)9-3-28-19-17-9/h3,10,12H,4-6H2,1-2H3,(H,24,25)/t10?,12-,15?/m1/s1. The molecule has 2 aliphatic rings. The number of carbonyl (C=O) groups excluding carboxylic acids is 2. The van der Waals surface area contributed by atoms with Crippen LogP contribution in [-0.4, -0.2) is 77.0 Å². The van der Waals surface area contributed by atoms with Crippen molar-refractivity contribution in [3.63, 3.8) is 0 Å². The SMILES string of the molecule is CC(=O)N(c1csnn1)C1C(=O)N2CC(CSc3nnc(C)s3)(C(=O)O)CS[C@H]12. The molecule has 2 amide bonds. The van der Waals surface area contributed by atoms with Gasteiger partial charge in [0.25, 0.3) is 0 Å². The molecule has 0 bridgehead atoms. The molecule has 2 aliphatic heterocycles. The molecule has 1 N–H and O–H groups in total. The number of aliphatic carboxylic acids is 1. The van der Waals surface area contributed by atoms with Crippen molar-refractivity contribution < 1.29 is 19.5 Å². The van der Waals surface area contributed by atoms with Crippen LogP contribution in [0.4, 0.5) is 5.82 Å². The Balaban J connectivity index is 1.50. The van der Waals surface area contributed by atoms with E-state index in [4.69, 9.17) is 0 Å². The fourth-order valence-electron chi connectivity index (χ4n) is 3.29. The Morgan fingerprint density at radius 3 is 2.79 bits per heavy atom. The van der Waals surface area contributed by atoms with Crippen molar-refractivity contribution in [3.05, 3.63) is 10.4 Å². The maximum Gasteiger partial charge on any atom is 0.313 e. The molecule has 0 aliphatic carbocycles. The number of fused-ring (bicyclic) bond motifs is 1. The van der Waals surface area contributed by atoms with Crippen LogP contribution in [0.15, 0.2) is 9.72 Å². The van der Waals surface area contributed by atoms with E-state index >= 15 is 0 Å². The minimum atomic E-state index is -1.09. The molecular weight excluding hydrogens is 456 g/mol. The van der Waals surface area contributed by atoms with Crippen molar-refractivity contribution in [3.8, 4) is 0 Å². The molecule has 0 spiro atoms. The molecule has 4 rings (SSSR count). The van der Waals surface area contributed by atoms with Crippen LogP contribution in [0.2, 0.25) is 0 Å². The Kier molecular flexibility index (Phi) is 5.52. The number of thioether (sulfide) groups is 2. The number of hydrogen-bond donors (Lipinski definition) is 1. The molecule has 0 aromatic carbocycles. The van der Waals surface area contributed by atoms with E-state index in [-0.39, 0.29) is 29.5 Å². The number of carbonyl (C=O) groups is 3. The summed E-state index contributed by atoms with van der Waals surface area (Å²) in [6, 6.07) is -0.688. The first-order chi connectivity index (χ1) is 13.8. The third-order valence-electron chi connectivity index (χ3n) is 4.76. The summed E-state index contributed by atoms with van der Waals surface area (Å²) in [6.45, 7) is 3.32. The summed E-state index contributed by atoms with van der Waals surface area (Å²) < 4.78 is 4.48. The van der Waals surface area contributed by atoms with Crippen molar-refractivity contribution >= 4 is 70.0 Å². The lowest BCUT2D eigenvalue weighted by Gasteiger charge is -2.55. The molecule has 2 saturated heterocycles. The second kappa shape index (κ2) is 7.81. The van der Waals surface area contributed by atoms with Crippen LogP contribution in [0.5, 0.6) is 0 Å². The Labute approximate surface area is 182 Å². The van der Waals surface area contributed by atoms with Gasteiger partial charge in [-0.1, -0.05) is 27.6 Å². The normalized spacial score (nSPS) is 26.0. The van der Waals surface area contributed by atoms with Crippen molar-refractivity contribution in [2.45, 2.75) is 29.6 Å². The smallest absolute Gasteiger partial charge is 0.313 e. The molecule has 4 heterocycles. The first-order valence-electron chi connectivity index (χ1n) is 8.48. The number of rotatable bonds is 6. The zero-order chi connectivity index (χ0) is 20.8. The second-order valence-electron chi connectivity index (χ2n) is 6.73. The monoisotopic (exact) mass is 472 g/mol. The Hall–Kier alpha value is -1.77.